The highest BCUT2D eigenvalue weighted by molar-refractivity contribution is 6.04. The maximum Gasteiger partial charge on any atom is 0.343 e. The molecule has 0 spiro atoms. The quantitative estimate of drug-likeness (QED) is 0.118. The molecular weight excluding hydrogens is 478 g/mol. The molecule has 0 bridgehead atoms. The predicted octanol–water partition coefficient (Wildman–Crippen LogP) is 8.08. The van der Waals surface area contributed by atoms with Gasteiger partial charge in [0.2, 0.25) is 0 Å². The summed E-state index contributed by atoms with van der Waals surface area (Å²) in [5, 5.41) is 2.84. The molecule has 0 heterocycles. The van der Waals surface area contributed by atoms with E-state index in [4.69, 9.17) is 14.2 Å². The van der Waals surface area contributed by atoms with E-state index in [1.165, 1.54) is 32.1 Å². The minimum absolute atomic E-state index is 0.237. The number of nitrogens with one attached hydrogen (secondary N) is 1. The van der Waals surface area contributed by atoms with E-state index in [9.17, 15) is 9.59 Å². The zero-order valence-electron chi connectivity index (χ0n) is 22.5. The number of esters is 1. The number of benzene rings is 3. The number of ether oxygens (including phenoxy) is 3. The fourth-order valence-electron chi connectivity index (χ4n) is 3.77. The van der Waals surface area contributed by atoms with Gasteiger partial charge in [0.1, 0.15) is 17.2 Å². The first-order valence-corrected chi connectivity index (χ1v) is 13.7. The molecule has 0 saturated heterocycles. The molecular formula is C32H39NO5. The van der Waals surface area contributed by atoms with E-state index >= 15 is 0 Å². The Morgan fingerprint density at radius 2 is 1.08 bits per heavy atom. The molecule has 3 aromatic carbocycles. The number of unbranched alkanes of at least 4 members (excludes halogenated alkanes) is 6. The van der Waals surface area contributed by atoms with Crippen molar-refractivity contribution in [3.05, 3.63) is 83.9 Å². The second-order valence-corrected chi connectivity index (χ2v) is 9.24. The Labute approximate surface area is 226 Å². The Bertz CT molecular complexity index is 1110. The molecule has 0 fully saturated rings. The molecule has 0 saturated carbocycles. The van der Waals surface area contributed by atoms with Crippen LogP contribution < -0.4 is 19.5 Å². The van der Waals surface area contributed by atoms with Crippen LogP contribution in [-0.4, -0.2) is 25.1 Å². The topological polar surface area (TPSA) is 73.9 Å². The monoisotopic (exact) mass is 517 g/mol. The molecule has 0 atom stereocenters. The molecule has 0 unspecified atom stereocenters. The highest BCUT2D eigenvalue weighted by atomic mass is 16.5. The van der Waals surface area contributed by atoms with Gasteiger partial charge >= 0.3 is 5.97 Å². The average molecular weight is 518 g/mol. The van der Waals surface area contributed by atoms with Crippen LogP contribution in [0.3, 0.4) is 0 Å². The van der Waals surface area contributed by atoms with E-state index in [0.29, 0.717) is 35.8 Å². The summed E-state index contributed by atoms with van der Waals surface area (Å²) in [4.78, 5) is 25.1. The van der Waals surface area contributed by atoms with Gasteiger partial charge in [0, 0.05) is 11.3 Å². The Morgan fingerprint density at radius 3 is 1.71 bits per heavy atom. The van der Waals surface area contributed by atoms with Gasteiger partial charge in [-0.15, -0.1) is 0 Å². The molecule has 0 aliphatic rings. The van der Waals surface area contributed by atoms with Gasteiger partial charge in [-0.2, -0.15) is 0 Å². The Kier molecular flexibility index (Phi) is 12.2. The van der Waals surface area contributed by atoms with E-state index in [2.05, 4.69) is 19.2 Å². The lowest BCUT2D eigenvalue weighted by Crippen LogP contribution is -2.12. The lowest BCUT2D eigenvalue weighted by Gasteiger charge is -2.09. The number of amides is 1. The first-order chi connectivity index (χ1) is 18.6. The third-order valence-electron chi connectivity index (χ3n) is 6.06. The number of carbonyl (C=O) groups excluding carboxylic acids is 2. The molecule has 0 aliphatic carbocycles. The van der Waals surface area contributed by atoms with E-state index in [1.54, 1.807) is 60.7 Å². The number of hydrogen-bond donors (Lipinski definition) is 1. The van der Waals surface area contributed by atoms with Crippen LogP contribution in [-0.2, 0) is 0 Å². The highest BCUT2D eigenvalue weighted by Gasteiger charge is 2.11. The molecule has 1 N–H and O–H groups in total. The second-order valence-electron chi connectivity index (χ2n) is 9.24. The molecule has 0 aliphatic heterocycles. The van der Waals surface area contributed by atoms with Crippen LogP contribution in [0.2, 0.25) is 0 Å². The third kappa shape index (κ3) is 9.92. The lowest BCUT2D eigenvalue weighted by molar-refractivity contribution is 0.0734. The number of rotatable bonds is 16. The van der Waals surface area contributed by atoms with Crippen molar-refractivity contribution in [3.8, 4) is 17.2 Å². The van der Waals surface area contributed by atoms with Gasteiger partial charge in [-0.1, -0.05) is 52.4 Å². The van der Waals surface area contributed by atoms with Gasteiger partial charge in [-0.25, -0.2) is 4.79 Å². The number of carbonyl (C=O) groups is 2. The molecule has 38 heavy (non-hydrogen) atoms. The van der Waals surface area contributed by atoms with Crippen molar-refractivity contribution < 1.29 is 23.8 Å². The Hall–Kier alpha value is -3.80. The maximum atomic E-state index is 12.6. The summed E-state index contributed by atoms with van der Waals surface area (Å²) in [7, 11) is 0. The summed E-state index contributed by atoms with van der Waals surface area (Å²) in [6.45, 7) is 5.68. The van der Waals surface area contributed by atoms with Crippen LogP contribution >= 0.6 is 0 Å². The van der Waals surface area contributed by atoms with Crippen molar-refractivity contribution >= 4 is 17.6 Å². The molecule has 1 amide bonds. The van der Waals surface area contributed by atoms with Crippen molar-refractivity contribution in [1.82, 2.24) is 0 Å². The summed E-state index contributed by atoms with van der Waals surface area (Å²) in [5.74, 6) is 1.24. The van der Waals surface area contributed by atoms with E-state index in [0.717, 1.165) is 30.8 Å². The van der Waals surface area contributed by atoms with Crippen molar-refractivity contribution in [2.45, 2.75) is 65.2 Å². The molecule has 3 rings (SSSR count). The summed E-state index contributed by atoms with van der Waals surface area (Å²) in [6.07, 6.45) is 9.37. The summed E-state index contributed by atoms with van der Waals surface area (Å²) < 4.78 is 16.9. The van der Waals surface area contributed by atoms with Crippen molar-refractivity contribution in [3.63, 3.8) is 0 Å². The SMILES string of the molecule is CCCCCCCCOc1ccc(OC(=O)c2ccc(NC(=O)c3ccc(OCCCC)cc3)cc2)cc1. The van der Waals surface area contributed by atoms with Crippen molar-refractivity contribution in [1.29, 1.82) is 0 Å². The molecule has 0 radical (unpaired) electrons. The predicted molar refractivity (Wildman–Crippen MR) is 152 cm³/mol. The third-order valence-corrected chi connectivity index (χ3v) is 6.06. The number of hydrogen-bond acceptors (Lipinski definition) is 5. The van der Waals surface area contributed by atoms with Crippen LogP contribution in [0.1, 0.15) is 85.9 Å². The van der Waals surface area contributed by atoms with Crippen LogP contribution in [0.4, 0.5) is 5.69 Å². The van der Waals surface area contributed by atoms with Crippen LogP contribution in [0.15, 0.2) is 72.8 Å². The maximum absolute atomic E-state index is 12.6. The van der Waals surface area contributed by atoms with Crippen molar-refractivity contribution in [2.75, 3.05) is 18.5 Å². The van der Waals surface area contributed by atoms with Crippen molar-refractivity contribution in [2.24, 2.45) is 0 Å². The average Bonchev–Trinajstić information content (AvgIpc) is 2.94. The summed E-state index contributed by atoms with van der Waals surface area (Å²) in [6, 6.07) is 20.7. The standard InChI is InChI=1S/C32H39NO5/c1-3-5-7-8-9-10-24-37-29-19-21-30(22-20-29)38-32(35)26-11-15-27(16-12-26)33-31(34)25-13-17-28(18-14-25)36-23-6-4-2/h11-22H,3-10,23-24H2,1-2H3,(H,33,34). The summed E-state index contributed by atoms with van der Waals surface area (Å²) >= 11 is 0. The number of anilines is 1. The minimum atomic E-state index is -0.470. The van der Waals surface area contributed by atoms with Crippen LogP contribution in [0.5, 0.6) is 17.2 Å². The zero-order valence-corrected chi connectivity index (χ0v) is 22.5. The van der Waals surface area contributed by atoms with Gasteiger partial charge in [0.15, 0.2) is 0 Å². The molecule has 6 heteroatoms. The van der Waals surface area contributed by atoms with Gasteiger partial charge in [0.25, 0.3) is 5.91 Å². The zero-order chi connectivity index (χ0) is 27.0. The smallest absolute Gasteiger partial charge is 0.343 e. The second kappa shape index (κ2) is 16.1. The molecule has 202 valence electrons. The van der Waals surface area contributed by atoms with E-state index in [-0.39, 0.29) is 5.91 Å². The minimum Gasteiger partial charge on any atom is -0.494 e. The molecule has 6 nitrogen and oxygen atoms in total. The fourth-order valence-corrected chi connectivity index (χ4v) is 3.77. The van der Waals surface area contributed by atoms with Crippen LogP contribution in [0, 0.1) is 0 Å². The van der Waals surface area contributed by atoms with E-state index < -0.39 is 5.97 Å². The Balaban J connectivity index is 1.42. The summed E-state index contributed by atoms with van der Waals surface area (Å²) in [5.41, 5.74) is 1.50. The highest BCUT2D eigenvalue weighted by Crippen LogP contribution is 2.20. The first kappa shape index (κ1) is 28.8. The molecule has 0 aromatic heterocycles. The fraction of sp³-hybridized carbons (Fsp3) is 0.375. The normalized spacial score (nSPS) is 10.6. The van der Waals surface area contributed by atoms with Gasteiger partial charge in [-0.05, 0) is 85.6 Å². The van der Waals surface area contributed by atoms with E-state index in [1.807, 2.05) is 12.1 Å². The largest absolute Gasteiger partial charge is 0.494 e. The van der Waals surface area contributed by atoms with Gasteiger partial charge in [-0.3, -0.25) is 4.79 Å². The van der Waals surface area contributed by atoms with Gasteiger partial charge < -0.3 is 19.5 Å². The Morgan fingerprint density at radius 1 is 0.579 bits per heavy atom. The van der Waals surface area contributed by atoms with Gasteiger partial charge in [0.05, 0.1) is 18.8 Å². The first-order valence-electron chi connectivity index (χ1n) is 13.7. The molecule has 3 aromatic rings. The lowest BCUT2D eigenvalue weighted by atomic mass is 10.1. The van der Waals surface area contributed by atoms with Crippen LogP contribution in [0.25, 0.3) is 0 Å².